The van der Waals surface area contributed by atoms with Gasteiger partial charge in [-0.1, -0.05) is 24.3 Å². The van der Waals surface area contributed by atoms with Gasteiger partial charge in [0.25, 0.3) is 0 Å². The molecule has 0 bridgehead atoms. The number of amides is 2. The Kier molecular flexibility index (Phi) is 5.06. The van der Waals surface area contributed by atoms with Crippen LogP contribution in [0.15, 0.2) is 48.5 Å². The van der Waals surface area contributed by atoms with Crippen molar-refractivity contribution < 1.29 is 23.8 Å². The second kappa shape index (κ2) is 7.80. The lowest BCUT2D eigenvalue weighted by Crippen LogP contribution is -2.43. The third-order valence-electron chi connectivity index (χ3n) is 4.94. The maximum atomic E-state index is 12.6. The SMILES string of the molecule is COc1ccccc1N1C[C@@H](C(=O)NC[C@H]2COc3ccccc3O2)CC1=O. The van der Waals surface area contributed by atoms with E-state index in [2.05, 4.69) is 5.32 Å². The standard InChI is InChI=1S/C21H22N2O5/c1-26-17-7-3-2-6-16(17)23-12-14(10-20(23)24)21(25)22-11-15-13-27-18-8-4-5-9-19(18)28-15/h2-9,14-15H,10-13H2,1H3,(H,22,25)/t14-,15-/m0/s1. The molecule has 0 radical (unpaired) electrons. The number of benzene rings is 2. The minimum Gasteiger partial charge on any atom is -0.495 e. The Balaban J connectivity index is 1.34. The smallest absolute Gasteiger partial charge is 0.227 e. The van der Waals surface area contributed by atoms with Gasteiger partial charge in [-0.3, -0.25) is 9.59 Å². The van der Waals surface area contributed by atoms with Gasteiger partial charge in [0.2, 0.25) is 11.8 Å². The third-order valence-corrected chi connectivity index (χ3v) is 4.94. The fraction of sp³-hybridized carbons (Fsp3) is 0.333. The Hall–Kier alpha value is -3.22. The first-order valence-electron chi connectivity index (χ1n) is 9.25. The molecule has 2 amide bonds. The molecule has 0 unspecified atom stereocenters. The largest absolute Gasteiger partial charge is 0.495 e. The average molecular weight is 382 g/mol. The van der Waals surface area contributed by atoms with Crippen molar-refractivity contribution in [2.24, 2.45) is 5.92 Å². The summed E-state index contributed by atoms with van der Waals surface area (Å²) in [7, 11) is 1.56. The lowest BCUT2D eigenvalue weighted by Gasteiger charge is -2.26. The third kappa shape index (κ3) is 3.60. The van der Waals surface area contributed by atoms with Gasteiger partial charge in [-0.25, -0.2) is 0 Å². The molecule has 0 saturated carbocycles. The van der Waals surface area contributed by atoms with E-state index in [0.717, 1.165) is 0 Å². The zero-order valence-electron chi connectivity index (χ0n) is 15.6. The van der Waals surface area contributed by atoms with Gasteiger partial charge in [0.1, 0.15) is 18.5 Å². The number of nitrogens with one attached hydrogen (secondary N) is 1. The maximum Gasteiger partial charge on any atom is 0.227 e. The van der Waals surface area contributed by atoms with E-state index in [0.29, 0.717) is 42.6 Å². The van der Waals surface area contributed by atoms with Crippen molar-refractivity contribution in [1.29, 1.82) is 0 Å². The Morgan fingerprint density at radius 3 is 2.75 bits per heavy atom. The number of carbonyl (C=O) groups excluding carboxylic acids is 2. The summed E-state index contributed by atoms with van der Waals surface area (Å²) in [6, 6.07) is 14.8. The Labute approximate surface area is 163 Å². The van der Waals surface area contributed by atoms with E-state index in [-0.39, 0.29) is 24.3 Å². The van der Waals surface area contributed by atoms with Crippen LogP contribution in [0.5, 0.6) is 17.2 Å². The molecule has 2 atom stereocenters. The number of ether oxygens (including phenoxy) is 3. The number of para-hydroxylation sites is 4. The van der Waals surface area contributed by atoms with Crippen LogP contribution in [-0.2, 0) is 9.59 Å². The van der Waals surface area contributed by atoms with Gasteiger partial charge in [-0.05, 0) is 24.3 Å². The highest BCUT2D eigenvalue weighted by Gasteiger charge is 2.36. The Morgan fingerprint density at radius 2 is 1.93 bits per heavy atom. The number of rotatable bonds is 5. The summed E-state index contributed by atoms with van der Waals surface area (Å²) in [4.78, 5) is 26.7. The molecule has 0 aliphatic carbocycles. The number of hydrogen-bond donors (Lipinski definition) is 1. The van der Waals surface area contributed by atoms with Crippen LogP contribution >= 0.6 is 0 Å². The average Bonchev–Trinajstić information content (AvgIpc) is 3.13. The first kappa shape index (κ1) is 18.2. The van der Waals surface area contributed by atoms with E-state index >= 15 is 0 Å². The highest BCUT2D eigenvalue weighted by Crippen LogP contribution is 2.33. The summed E-state index contributed by atoms with van der Waals surface area (Å²) in [6.07, 6.45) is -0.0874. The van der Waals surface area contributed by atoms with Gasteiger partial charge >= 0.3 is 0 Å². The lowest BCUT2D eigenvalue weighted by molar-refractivity contribution is -0.126. The molecule has 28 heavy (non-hydrogen) atoms. The van der Waals surface area contributed by atoms with Crippen molar-refractivity contribution in [2.45, 2.75) is 12.5 Å². The molecule has 7 nitrogen and oxygen atoms in total. The van der Waals surface area contributed by atoms with Crippen LogP contribution in [0.2, 0.25) is 0 Å². The molecule has 0 aromatic heterocycles. The first-order chi connectivity index (χ1) is 13.7. The summed E-state index contributed by atoms with van der Waals surface area (Å²) in [5.41, 5.74) is 0.686. The number of nitrogens with zero attached hydrogens (tertiary/aromatic N) is 1. The second-order valence-corrected chi connectivity index (χ2v) is 6.82. The van der Waals surface area contributed by atoms with Gasteiger partial charge < -0.3 is 24.4 Å². The second-order valence-electron chi connectivity index (χ2n) is 6.82. The normalized spacial score (nSPS) is 20.8. The summed E-state index contributed by atoms with van der Waals surface area (Å²) < 4.78 is 16.8. The Bertz CT molecular complexity index is 885. The van der Waals surface area contributed by atoms with Crippen molar-refractivity contribution >= 4 is 17.5 Å². The van der Waals surface area contributed by atoms with E-state index in [9.17, 15) is 9.59 Å². The van der Waals surface area contributed by atoms with Gasteiger partial charge in [0.05, 0.1) is 25.3 Å². The molecule has 146 valence electrons. The first-order valence-corrected chi connectivity index (χ1v) is 9.25. The van der Waals surface area contributed by atoms with Gasteiger partial charge in [0.15, 0.2) is 11.5 Å². The van der Waals surface area contributed by atoms with E-state index in [1.165, 1.54) is 0 Å². The fourth-order valence-electron chi connectivity index (χ4n) is 3.49. The van der Waals surface area contributed by atoms with Crippen molar-refractivity contribution in [1.82, 2.24) is 5.32 Å². The van der Waals surface area contributed by atoms with Crippen molar-refractivity contribution in [2.75, 3.05) is 31.7 Å². The number of methoxy groups -OCH3 is 1. The molecule has 2 heterocycles. The van der Waals surface area contributed by atoms with Crippen LogP contribution < -0.4 is 24.4 Å². The van der Waals surface area contributed by atoms with Gasteiger partial charge in [-0.2, -0.15) is 0 Å². The number of fused-ring (bicyclic) bond motifs is 1. The predicted octanol–water partition coefficient (Wildman–Crippen LogP) is 2.00. The molecule has 2 aliphatic heterocycles. The van der Waals surface area contributed by atoms with Crippen molar-refractivity contribution in [3.8, 4) is 17.2 Å². The summed E-state index contributed by atoms with van der Waals surface area (Å²) in [5, 5.41) is 2.89. The van der Waals surface area contributed by atoms with Crippen LogP contribution in [-0.4, -0.2) is 44.7 Å². The molecular weight excluding hydrogens is 360 g/mol. The van der Waals surface area contributed by atoms with E-state index in [4.69, 9.17) is 14.2 Å². The molecule has 4 rings (SSSR count). The number of hydrogen-bond acceptors (Lipinski definition) is 5. The molecule has 2 aromatic carbocycles. The van der Waals surface area contributed by atoms with E-state index in [1.54, 1.807) is 18.1 Å². The lowest BCUT2D eigenvalue weighted by atomic mass is 10.1. The minimum absolute atomic E-state index is 0.0872. The molecular formula is C21H22N2O5. The zero-order valence-corrected chi connectivity index (χ0v) is 15.6. The number of anilines is 1. The van der Waals surface area contributed by atoms with Gasteiger partial charge in [-0.15, -0.1) is 0 Å². The number of carbonyl (C=O) groups is 2. The quantitative estimate of drug-likeness (QED) is 0.856. The van der Waals surface area contributed by atoms with Crippen molar-refractivity contribution in [3.05, 3.63) is 48.5 Å². The molecule has 1 N–H and O–H groups in total. The van der Waals surface area contributed by atoms with Crippen LogP contribution in [0.1, 0.15) is 6.42 Å². The molecule has 2 aromatic rings. The zero-order chi connectivity index (χ0) is 19.5. The molecule has 1 saturated heterocycles. The summed E-state index contributed by atoms with van der Waals surface area (Å²) in [6.45, 7) is 1.02. The molecule has 0 spiro atoms. The van der Waals surface area contributed by atoms with Crippen molar-refractivity contribution in [3.63, 3.8) is 0 Å². The summed E-state index contributed by atoms with van der Waals surface area (Å²) in [5.74, 6) is 1.34. The van der Waals surface area contributed by atoms with Crippen LogP contribution in [0.25, 0.3) is 0 Å². The maximum absolute atomic E-state index is 12.6. The van der Waals surface area contributed by atoms with Crippen LogP contribution in [0.4, 0.5) is 5.69 Å². The topological polar surface area (TPSA) is 77.1 Å². The van der Waals surface area contributed by atoms with Crippen LogP contribution in [0, 0.1) is 5.92 Å². The highest BCUT2D eigenvalue weighted by molar-refractivity contribution is 6.01. The summed E-state index contributed by atoms with van der Waals surface area (Å²) >= 11 is 0. The molecule has 7 heteroatoms. The van der Waals surface area contributed by atoms with E-state index < -0.39 is 5.92 Å². The highest BCUT2D eigenvalue weighted by atomic mass is 16.6. The minimum atomic E-state index is -0.408. The monoisotopic (exact) mass is 382 g/mol. The fourth-order valence-corrected chi connectivity index (χ4v) is 3.49. The molecule has 2 aliphatic rings. The predicted molar refractivity (Wildman–Crippen MR) is 103 cm³/mol. The molecule has 1 fully saturated rings. The van der Waals surface area contributed by atoms with Crippen LogP contribution in [0.3, 0.4) is 0 Å². The Morgan fingerprint density at radius 1 is 1.18 bits per heavy atom. The van der Waals surface area contributed by atoms with E-state index in [1.807, 2.05) is 42.5 Å². The van der Waals surface area contributed by atoms with Gasteiger partial charge in [0, 0.05) is 13.0 Å².